The van der Waals surface area contributed by atoms with Crippen molar-refractivity contribution >= 4 is 11.9 Å². The van der Waals surface area contributed by atoms with Crippen LogP contribution < -0.4 is 5.32 Å². The van der Waals surface area contributed by atoms with Crippen molar-refractivity contribution in [3.8, 4) is 0 Å². The van der Waals surface area contributed by atoms with Crippen LogP contribution in [0.4, 0.5) is 0 Å². The Balaban J connectivity index is 4.82. The average Bonchev–Trinajstić information content (AvgIpc) is 3.19. The molecule has 6 nitrogen and oxygen atoms in total. The van der Waals surface area contributed by atoms with Crippen LogP contribution in [-0.2, 0) is 14.3 Å². The van der Waals surface area contributed by atoms with E-state index in [9.17, 15) is 19.8 Å². The molecule has 3 N–H and O–H groups in total. The van der Waals surface area contributed by atoms with Crippen molar-refractivity contribution < 1.29 is 24.5 Å². The molecule has 0 fully saturated rings. The van der Waals surface area contributed by atoms with Gasteiger partial charge >= 0.3 is 5.97 Å². The number of hydrogen-bond donors (Lipinski definition) is 3. The number of allylic oxidation sites excluding steroid dienone is 18. The van der Waals surface area contributed by atoms with Gasteiger partial charge in [-0.05, 0) is 70.6 Å². The summed E-state index contributed by atoms with van der Waals surface area (Å²) in [6, 6.07) is -0.742. The first-order valence-corrected chi connectivity index (χ1v) is 22.2. The summed E-state index contributed by atoms with van der Waals surface area (Å²) in [6.45, 7) is 6.14. The molecular weight excluding hydrogens is 695 g/mol. The fourth-order valence-electron chi connectivity index (χ4n) is 5.90. The van der Waals surface area contributed by atoms with Gasteiger partial charge in [0, 0.05) is 6.42 Å². The normalized spacial score (nSPS) is 14.4. The van der Waals surface area contributed by atoms with Crippen LogP contribution in [-0.4, -0.2) is 46.9 Å². The molecule has 0 aliphatic heterocycles. The largest absolute Gasteiger partial charge is 0.462 e. The van der Waals surface area contributed by atoms with Gasteiger partial charge in [0.15, 0.2) is 0 Å². The first-order valence-electron chi connectivity index (χ1n) is 22.2. The van der Waals surface area contributed by atoms with Gasteiger partial charge in [-0.3, -0.25) is 9.59 Å². The second-order valence-electron chi connectivity index (χ2n) is 14.4. The van der Waals surface area contributed by atoms with E-state index in [0.717, 1.165) is 70.6 Å². The lowest BCUT2D eigenvalue weighted by molar-refractivity contribution is -0.150. The van der Waals surface area contributed by atoms with E-state index < -0.39 is 18.2 Å². The second kappa shape index (κ2) is 42.7. The lowest BCUT2D eigenvalue weighted by Crippen LogP contribution is -2.46. The Morgan fingerprint density at radius 1 is 0.554 bits per heavy atom. The molecule has 0 rings (SSSR count). The van der Waals surface area contributed by atoms with Crippen LogP contribution in [0.15, 0.2) is 109 Å². The van der Waals surface area contributed by atoms with Crippen LogP contribution in [0.5, 0.6) is 0 Å². The number of aliphatic hydroxyl groups is 2. The van der Waals surface area contributed by atoms with E-state index in [4.69, 9.17) is 4.74 Å². The summed E-state index contributed by atoms with van der Waals surface area (Å²) in [5.41, 5.74) is 0. The SMILES string of the molecule is CC/C=C/C=C/C=C\C=C/CCCC(CC(=O)NC(CO)C(O)CCCCCCCCCCCC)OC(=O)CC/C=C/C/C=C/C/C=C/C/C=C/C/C=C/CC. The number of unbranched alkanes of at least 4 members (excludes halogenated alkanes) is 10. The molecule has 0 heterocycles. The van der Waals surface area contributed by atoms with Crippen LogP contribution in [0.3, 0.4) is 0 Å². The minimum Gasteiger partial charge on any atom is -0.462 e. The molecule has 0 saturated carbocycles. The molecule has 0 radical (unpaired) electrons. The molecule has 0 aromatic carbocycles. The van der Waals surface area contributed by atoms with E-state index in [1.54, 1.807) is 0 Å². The van der Waals surface area contributed by atoms with E-state index in [2.05, 4.69) is 92.9 Å². The van der Waals surface area contributed by atoms with Crippen LogP contribution >= 0.6 is 0 Å². The second-order valence-corrected chi connectivity index (χ2v) is 14.4. The number of amides is 1. The summed E-state index contributed by atoms with van der Waals surface area (Å²) in [7, 11) is 0. The highest BCUT2D eigenvalue weighted by atomic mass is 16.5. The predicted octanol–water partition coefficient (Wildman–Crippen LogP) is 12.8. The monoisotopic (exact) mass is 776 g/mol. The van der Waals surface area contributed by atoms with Gasteiger partial charge in [-0.15, -0.1) is 0 Å². The molecule has 1 amide bonds. The Bertz CT molecular complexity index is 1190. The van der Waals surface area contributed by atoms with Crippen molar-refractivity contribution in [2.75, 3.05) is 6.61 Å². The first-order chi connectivity index (χ1) is 27.5. The van der Waals surface area contributed by atoms with Crippen molar-refractivity contribution in [2.45, 2.75) is 187 Å². The van der Waals surface area contributed by atoms with Gasteiger partial charge in [0.25, 0.3) is 0 Å². The number of nitrogens with one attached hydrogen (secondary N) is 1. The number of carbonyl (C=O) groups excluding carboxylic acids is 2. The van der Waals surface area contributed by atoms with Gasteiger partial charge in [-0.2, -0.15) is 0 Å². The molecule has 0 aromatic heterocycles. The zero-order chi connectivity index (χ0) is 41.0. The number of aliphatic hydroxyl groups excluding tert-OH is 2. The maximum atomic E-state index is 13.1. The Labute approximate surface area is 343 Å². The molecule has 0 aliphatic rings. The standard InChI is InChI=1S/C50H81NO5/c1-4-7-10-13-16-19-22-23-24-25-26-28-31-34-37-40-43-50(55)56-46(41-38-35-32-29-27-20-17-14-11-8-5-2)44-49(54)51-47(45-52)48(53)42-39-36-33-30-21-18-15-12-9-6-3/h7-8,10-11,14,16-17,19-20,23-24,26-29,32,34,37,46-48,52-53H,4-6,9,12-13,15,18,21-22,25,30-31,33,35-36,38-45H2,1-3H3,(H,51,54)/b10-7+,11-8+,17-14+,19-16+,24-23+,27-20-,28-26+,32-29-,37-34+. The summed E-state index contributed by atoms with van der Waals surface area (Å²) < 4.78 is 5.81. The van der Waals surface area contributed by atoms with E-state index in [1.165, 1.54) is 44.9 Å². The average molecular weight is 776 g/mol. The molecule has 0 spiro atoms. The van der Waals surface area contributed by atoms with Crippen LogP contribution in [0.1, 0.15) is 168 Å². The van der Waals surface area contributed by atoms with Crippen molar-refractivity contribution in [3.05, 3.63) is 109 Å². The summed E-state index contributed by atoms with van der Waals surface area (Å²) in [6.07, 6.45) is 57.4. The van der Waals surface area contributed by atoms with Gasteiger partial charge in [0.1, 0.15) is 6.10 Å². The van der Waals surface area contributed by atoms with Gasteiger partial charge in [0.05, 0.1) is 25.2 Å². The molecule has 0 saturated heterocycles. The smallest absolute Gasteiger partial charge is 0.306 e. The van der Waals surface area contributed by atoms with Crippen LogP contribution in [0, 0.1) is 0 Å². The van der Waals surface area contributed by atoms with Crippen molar-refractivity contribution in [1.29, 1.82) is 0 Å². The van der Waals surface area contributed by atoms with E-state index in [1.807, 2.05) is 42.5 Å². The molecular formula is C50H81NO5. The predicted molar refractivity (Wildman–Crippen MR) is 240 cm³/mol. The van der Waals surface area contributed by atoms with E-state index in [-0.39, 0.29) is 31.3 Å². The lowest BCUT2D eigenvalue weighted by atomic mass is 10.0. The van der Waals surface area contributed by atoms with E-state index >= 15 is 0 Å². The topological polar surface area (TPSA) is 95.9 Å². The minimum atomic E-state index is -0.821. The van der Waals surface area contributed by atoms with Crippen molar-refractivity contribution in [2.24, 2.45) is 0 Å². The van der Waals surface area contributed by atoms with E-state index in [0.29, 0.717) is 19.3 Å². The fourth-order valence-corrected chi connectivity index (χ4v) is 5.90. The third-order valence-electron chi connectivity index (χ3n) is 9.21. The first kappa shape index (κ1) is 52.5. The highest BCUT2D eigenvalue weighted by Gasteiger charge is 2.23. The molecule has 56 heavy (non-hydrogen) atoms. The zero-order valence-electron chi connectivity index (χ0n) is 35.7. The van der Waals surface area contributed by atoms with Gasteiger partial charge in [-0.1, -0.05) is 194 Å². The number of rotatable bonds is 37. The number of ether oxygens (including phenoxy) is 1. The molecule has 6 heteroatoms. The fraction of sp³-hybridized carbons (Fsp3) is 0.600. The van der Waals surface area contributed by atoms with Gasteiger partial charge in [-0.25, -0.2) is 0 Å². The number of hydrogen-bond acceptors (Lipinski definition) is 5. The highest BCUT2D eigenvalue weighted by Crippen LogP contribution is 2.15. The van der Waals surface area contributed by atoms with Crippen LogP contribution in [0.2, 0.25) is 0 Å². The lowest BCUT2D eigenvalue weighted by Gasteiger charge is -2.24. The molecule has 316 valence electrons. The third kappa shape index (κ3) is 37.4. The maximum Gasteiger partial charge on any atom is 0.306 e. The summed E-state index contributed by atoms with van der Waals surface area (Å²) in [4.78, 5) is 25.9. The Kier molecular flexibility index (Phi) is 40.0. The third-order valence-corrected chi connectivity index (χ3v) is 9.21. The van der Waals surface area contributed by atoms with Crippen molar-refractivity contribution in [1.82, 2.24) is 5.32 Å². The Hall–Kier alpha value is -3.48. The summed E-state index contributed by atoms with van der Waals surface area (Å²) in [5.74, 6) is -0.658. The minimum absolute atomic E-state index is 0.00538. The molecule has 0 aromatic rings. The maximum absolute atomic E-state index is 13.1. The summed E-state index contributed by atoms with van der Waals surface area (Å²) >= 11 is 0. The number of carbonyl (C=O) groups is 2. The van der Waals surface area contributed by atoms with Gasteiger partial charge in [0.2, 0.25) is 5.91 Å². The number of esters is 1. The molecule has 3 atom stereocenters. The quantitative estimate of drug-likeness (QED) is 0.0253. The molecule has 0 aliphatic carbocycles. The van der Waals surface area contributed by atoms with Gasteiger partial charge < -0.3 is 20.3 Å². The molecule has 0 bridgehead atoms. The summed E-state index contributed by atoms with van der Waals surface area (Å²) in [5, 5.41) is 23.5. The zero-order valence-corrected chi connectivity index (χ0v) is 35.7. The highest BCUT2D eigenvalue weighted by molar-refractivity contribution is 5.77. The van der Waals surface area contributed by atoms with Crippen LogP contribution in [0.25, 0.3) is 0 Å². The Morgan fingerprint density at radius 2 is 1.05 bits per heavy atom. The van der Waals surface area contributed by atoms with Crippen molar-refractivity contribution in [3.63, 3.8) is 0 Å². The molecule has 3 unspecified atom stereocenters. The Morgan fingerprint density at radius 3 is 1.61 bits per heavy atom.